The molecule has 0 bridgehead atoms. The highest BCUT2D eigenvalue weighted by Crippen LogP contribution is 2.25. The van der Waals surface area contributed by atoms with Gasteiger partial charge in [0.15, 0.2) is 5.17 Å². The maximum Gasteiger partial charge on any atom is 0.157 e. The third kappa shape index (κ3) is 3.59. The van der Waals surface area contributed by atoms with E-state index in [1.54, 1.807) is 0 Å². The van der Waals surface area contributed by atoms with Crippen LogP contribution >= 0.6 is 23.5 Å². The second-order valence-electron chi connectivity index (χ2n) is 4.89. The first kappa shape index (κ1) is 11.6. The summed E-state index contributed by atoms with van der Waals surface area (Å²) in [6.07, 6.45) is 3.75. The predicted octanol–water partition coefficient (Wildman–Crippen LogP) is 2.74. The molecule has 2 rings (SSSR count). The number of amidine groups is 1. The van der Waals surface area contributed by atoms with Crippen LogP contribution < -0.4 is 5.32 Å². The summed E-state index contributed by atoms with van der Waals surface area (Å²) in [5, 5.41) is 4.73. The molecule has 0 aliphatic carbocycles. The van der Waals surface area contributed by atoms with Crippen LogP contribution in [-0.2, 0) is 0 Å². The van der Waals surface area contributed by atoms with Crippen molar-refractivity contribution in [1.29, 1.82) is 0 Å². The van der Waals surface area contributed by atoms with E-state index in [0.29, 0.717) is 6.04 Å². The second-order valence-corrected chi connectivity index (χ2v) is 7.19. The van der Waals surface area contributed by atoms with E-state index in [-0.39, 0.29) is 5.54 Å². The van der Waals surface area contributed by atoms with Crippen LogP contribution in [0.3, 0.4) is 0 Å². The lowest BCUT2D eigenvalue weighted by molar-refractivity contribution is 0.444. The Kier molecular flexibility index (Phi) is 3.88. The second kappa shape index (κ2) is 5.00. The van der Waals surface area contributed by atoms with E-state index < -0.39 is 0 Å². The van der Waals surface area contributed by atoms with Crippen molar-refractivity contribution in [2.45, 2.75) is 44.7 Å². The fourth-order valence-electron chi connectivity index (χ4n) is 1.84. The molecular weight excluding hydrogens is 224 g/mol. The van der Waals surface area contributed by atoms with E-state index in [1.807, 2.05) is 11.8 Å². The molecule has 0 spiro atoms. The minimum absolute atomic E-state index is 0.244. The Morgan fingerprint density at radius 1 is 1.27 bits per heavy atom. The molecule has 4 heteroatoms. The summed E-state index contributed by atoms with van der Waals surface area (Å²) in [6.45, 7) is 4.53. The van der Waals surface area contributed by atoms with E-state index in [0.717, 1.165) is 0 Å². The van der Waals surface area contributed by atoms with E-state index in [2.05, 4.69) is 30.9 Å². The van der Waals surface area contributed by atoms with Crippen LogP contribution in [0.5, 0.6) is 0 Å². The van der Waals surface area contributed by atoms with Gasteiger partial charge < -0.3 is 5.32 Å². The summed E-state index contributed by atoms with van der Waals surface area (Å²) in [7, 11) is 0. The molecule has 0 aromatic rings. The largest absolute Gasteiger partial charge is 0.360 e. The number of thioether (sulfide) groups is 2. The molecule has 0 saturated carbocycles. The molecule has 0 atom stereocenters. The molecule has 2 aliphatic rings. The minimum Gasteiger partial charge on any atom is -0.360 e. The zero-order valence-electron chi connectivity index (χ0n) is 9.58. The van der Waals surface area contributed by atoms with Gasteiger partial charge in [-0.2, -0.15) is 11.8 Å². The summed E-state index contributed by atoms with van der Waals surface area (Å²) < 4.78 is 0. The third-order valence-corrected chi connectivity index (χ3v) is 4.84. The van der Waals surface area contributed by atoms with Gasteiger partial charge in [0, 0.05) is 11.3 Å². The molecule has 2 aliphatic heterocycles. The van der Waals surface area contributed by atoms with Crippen LogP contribution in [0.4, 0.5) is 0 Å². The first-order chi connectivity index (χ1) is 7.16. The fraction of sp³-hybridized carbons (Fsp3) is 0.909. The average molecular weight is 244 g/mol. The molecule has 1 N–H and O–H groups in total. The summed E-state index contributed by atoms with van der Waals surface area (Å²) in [5.74, 6) is 3.78. The van der Waals surface area contributed by atoms with Crippen LogP contribution in [0.25, 0.3) is 0 Å². The number of hydrogen-bond donors (Lipinski definition) is 1. The van der Waals surface area contributed by atoms with Crippen LogP contribution in [0.1, 0.15) is 33.1 Å². The van der Waals surface area contributed by atoms with Crippen molar-refractivity contribution in [1.82, 2.24) is 5.32 Å². The highest BCUT2D eigenvalue weighted by molar-refractivity contribution is 8.13. The van der Waals surface area contributed by atoms with Crippen molar-refractivity contribution in [3.05, 3.63) is 0 Å². The smallest absolute Gasteiger partial charge is 0.157 e. The van der Waals surface area contributed by atoms with Gasteiger partial charge in [-0.15, -0.1) is 0 Å². The number of hydrogen-bond acceptors (Lipinski definition) is 3. The number of aliphatic imine (C=N–C) groups is 1. The molecule has 2 nitrogen and oxygen atoms in total. The predicted molar refractivity (Wildman–Crippen MR) is 72.1 cm³/mol. The van der Waals surface area contributed by atoms with Crippen molar-refractivity contribution in [3.63, 3.8) is 0 Å². The fourth-order valence-corrected chi connectivity index (χ4v) is 4.30. The number of rotatable bonds is 1. The monoisotopic (exact) mass is 244 g/mol. The lowest BCUT2D eigenvalue weighted by Crippen LogP contribution is -2.46. The third-order valence-electron chi connectivity index (χ3n) is 2.90. The summed E-state index contributed by atoms with van der Waals surface area (Å²) in [6, 6.07) is 0.579. The van der Waals surface area contributed by atoms with Gasteiger partial charge in [-0.25, -0.2) is 0 Å². The molecule has 0 aromatic heterocycles. The van der Waals surface area contributed by atoms with Crippen molar-refractivity contribution >= 4 is 28.7 Å². The lowest BCUT2D eigenvalue weighted by atomic mass is 10.0. The van der Waals surface area contributed by atoms with Crippen LogP contribution in [0.15, 0.2) is 4.99 Å². The van der Waals surface area contributed by atoms with E-state index in [1.165, 1.54) is 41.7 Å². The molecule has 15 heavy (non-hydrogen) atoms. The van der Waals surface area contributed by atoms with Gasteiger partial charge in [-0.1, -0.05) is 11.8 Å². The van der Waals surface area contributed by atoms with Gasteiger partial charge in [0.05, 0.1) is 6.04 Å². The summed E-state index contributed by atoms with van der Waals surface area (Å²) >= 11 is 3.96. The molecule has 2 saturated heterocycles. The van der Waals surface area contributed by atoms with Gasteiger partial charge in [0.1, 0.15) is 0 Å². The van der Waals surface area contributed by atoms with Crippen LogP contribution in [-0.4, -0.2) is 34.0 Å². The SMILES string of the molecule is CC1(C)CCSC(=NC2CCSCC2)N1. The Bertz CT molecular complexity index is 245. The Morgan fingerprint density at radius 2 is 2.00 bits per heavy atom. The van der Waals surface area contributed by atoms with Crippen LogP contribution in [0.2, 0.25) is 0 Å². The first-order valence-corrected chi connectivity index (χ1v) is 7.86. The van der Waals surface area contributed by atoms with Crippen molar-refractivity contribution in [2.24, 2.45) is 4.99 Å². The average Bonchev–Trinajstić information content (AvgIpc) is 2.17. The maximum absolute atomic E-state index is 4.85. The Balaban J connectivity index is 1.93. The molecule has 0 aromatic carbocycles. The minimum atomic E-state index is 0.244. The topological polar surface area (TPSA) is 24.4 Å². The van der Waals surface area contributed by atoms with E-state index in [4.69, 9.17) is 4.99 Å². The molecule has 0 amide bonds. The van der Waals surface area contributed by atoms with Gasteiger partial charge in [0.25, 0.3) is 0 Å². The maximum atomic E-state index is 4.85. The zero-order chi connectivity index (χ0) is 10.7. The standard InChI is InChI=1S/C11H20N2S2/c1-11(2)5-8-15-10(13-11)12-9-3-6-14-7-4-9/h9H,3-8H2,1-2H3,(H,12,13). The quantitative estimate of drug-likeness (QED) is 0.767. The van der Waals surface area contributed by atoms with Crippen LogP contribution in [0, 0.1) is 0 Å². The molecule has 0 unspecified atom stereocenters. The highest BCUT2D eigenvalue weighted by atomic mass is 32.2. The Morgan fingerprint density at radius 3 is 2.67 bits per heavy atom. The number of nitrogens with one attached hydrogen (secondary N) is 1. The van der Waals surface area contributed by atoms with Gasteiger partial charge in [-0.3, -0.25) is 4.99 Å². The Hall–Kier alpha value is 0.170. The molecule has 86 valence electrons. The van der Waals surface area contributed by atoms with Gasteiger partial charge in [-0.05, 0) is 44.6 Å². The van der Waals surface area contributed by atoms with E-state index in [9.17, 15) is 0 Å². The molecule has 2 heterocycles. The van der Waals surface area contributed by atoms with Crippen molar-refractivity contribution in [2.75, 3.05) is 17.3 Å². The zero-order valence-corrected chi connectivity index (χ0v) is 11.2. The van der Waals surface area contributed by atoms with Gasteiger partial charge in [0.2, 0.25) is 0 Å². The Labute approximate surface area is 101 Å². The molecule has 0 radical (unpaired) electrons. The van der Waals surface area contributed by atoms with E-state index >= 15 is 0 Å². The summed E-state index contributed by atoms with van der Waals surface area (Å²) in [5.41, 5.74) is 0.244. The normalized spacial score (nSPS) is 30.1. The lowest BCUT2D eigenvalue weighted by Gasteiger charge is -2.33. The molecular formula is C11H20N2S2. The highest BCUT2D eigenvalue weighted by Gasteiger charge is 2.25. The van der Waals surface area contributed by atoms with Crippen molar-refractivity contribution in [3.8, 4) is 0 Å². The molecule has 2 fully saturated rings. The first-order valence-electron chi connectivity index (χ1n) is 5.72. The number of nitrogens with zero attached hydrogens (tertiary/aromatic N) is 1. The van der Waals surface area contributed by atoms with Gasteiger partial charge >= 0.3 is 0 Å². The van der Waals surface area contributed by atoms with Crippen molar-refractivity contribution < 1.29 is 0 Å². The summed E-state index contributed by atoms with van der Waals surface area (Å²) in [4.78, 5) is 4.85.